The van der Waals surface area contributed by atoms with Gasteiger partial charge in [0.15, 0.2) is 6.61 Å². The summed E-state index contributed by atoms with van der Waals surface area (Å²) in [6, 6.07) is 11.1. The van der Waals surface area contributed by atoms with E-state index in [0.29, 0.717) is 30.6 Å². The van der Waals surface area contributed by atoms with Crippen LogP contribution in [0.2, 0.25) is 0 Å². The second kappa shape index (κ2) is 6.51. The minimum Gasteiger partial charge on any atom is -0.484 e. The number of rotatable bonds is 4. The molecular formula is C16H19N3O3. The molecule has 1 aliphatic rings. The van der Waals surface area contributed by atoms with Crippen LogP contribution in [0.4, 0.5) is 5.88 Å². The van der Waals surface area contributed by atoms with Crippen LogP contribution in [0, 0.1) is 0 Å². The molecule has 22 heavy (non-hydrogen) atoms. The molecule has 1 amide bonds. The van der Waals surface area contributed by atoms with Crippen LogP contribution in [0.15, 0.2) is 40.9 Å². The molecule has 2 aromatic rings. The lowest BCUT2D eigenvalue weighted by atomic mass is 9.93. The first-order valence-corrected chi connectivity index (χ1v) is 7.40. The molecule has 0 bridgehead atoms. The Morgan fingerprint density at radius 2 is 2.05 bits per heavy atom. The number of piperidine rings is 1. The first-order chi connectivity index (χ1) is 10.7. The van der Waals surface area contributed by atoms with Crippen molar-refractivity contribution >= 4 is 11.8 Å². The van der Waals surface area contributed by atoms with Gasteiger partial charge in [0.1, 0.15) is 5.75 Å². The van der Waals surface area contributed by atoms with Crippen LogP contribution < -0.4 is 10.5 Å². The Morgan fingerprint density at radius 1 is 1.32 bits per heavy atom. The summed E-state index contributed by atoms with van der Waals surface area (Å²) in [6.45, 7) is 1.48. The number of likely N-dealkylation sites (tertiary alicyclic amines) is 1. The van der Waals surface area contributed by atoms with Gasteiger partial charge in [0.25, 0.3) is 5.91 Å². The molecule has 1 aromatic carbocycles. The molecule has 0 radical (unpaired) electrons. The molecule has 0 unspecified atom stereocenters. The SMILES string of the molecule is Nc1cc(C2CCN(C(=O)COc3ccccc3)CC2)no1. The Balaban J connectivity index is 1.47. The van der Waals surface area contributed by atoms with Gasteiger partial charge in [-0.05, 0) is 25.0 Å². The summed E-state index contributed by atoms with van der Waals surface area (Å²) in [5.41, 5.74) is 6.43. The van der Waals surface area contributed by atoms with E-state index in [2.05, 4.69) is 5.16 Å². The smallest absolute Gasteiger partial charge is 0.260 e. The summed E-state index contributed by atoms with van der Waals surface area (Å²) in [5.74, 6) is 1.37. The van der Waals surface area contributed by atoms with Gasteiger partial charge in [0.05, 0.1) is 5.69 Å². The fourth-order valence-electron chi connectivity index (χ4n) is 2.67. The number of para-hydroxylation sites is 1. The Morgan fingerprint density at radius 3 is 2.68 bits per heavy atom. The third kappa shape index (κ3) is 3.39. The molecular weight excluding hydrogens is 282 g/mol. The van der Waals surface area contributed by atoms with Gasteiger partial charge in [0, 0.05) is 25.1 Å². The molecule has 1 aliphatic heterocycles. The summed E-state index contributed by atoms with van der Waals surface area (Å²) >= 11 is 0. The summed E-state index contributed by atoms with van der Waals surface area (Å²) < 4.78 is 10.4. The van der Waals surface area contributed by atoms with Crippen molar-refractivity contribution in [3.63, 3.8) is 0 Å². The zero-order valence-electron chi connectivity index (χ0n) is 12.3. The van der Waals surface area contributed by atoms with Crippen LogP contribution in [0.25, 0.3) is 0 Å². The summed E-state index contributed by atoms with van der Waals surface area (Å²) in [7, 11) is 0. The van der Waals surface area contributed by atoms with E-state index in [1.165, 1.54) is 0 Å². The molecule has 6 nitrogen and oxygen atoms in total. The van der Waals surface area contributed by atoms with E-state index in [1.807, 2.05) is 35.2 Å². The molecule has 0 saturated carbocycles. The minimum absolute atomic E-state index is 0.0157. The first kappa shape index (κ1) is 14.4. The summed E-state index contributed by atoms with van der Waals surface area (Å²) in [6.07, 6.45) is 1.73. The van der Waals surface area contributed by atoms with Crippen molar-refractivity contribution in [1.29, 1.82) is 0 Å². The number of aromatic nitrogens is 1. The predicted octanol–water partition coefficient (Wildman–Crippen LogP) is 2.04. The van der Waals surface area contributed by atoms with Crippen molar-refractivity contribution in [2.75, 3.05) is 25.4 Å². The van der Waals surface area contributed by atoms with Crippen molar-refractivity contribution in [2.24, 2.45) is 0 Å². The minimum atomic E-state index is 0.0157. The van der Waals surface area contributed by atoms with E-state index >= 15 is 0 Å². The molecule has 3 rings (SSSR count). The number of carbonyl (C=O) groups excluding carboxylic acids is 1. The van der Waals surface area contributed by atoms with Crippen LogP contribution in [-0.4, -0.2) is 35.7 Å². The maximum atomic E-state index is 12.2. The zero-order valence-corrected chi connectivity index (χ0v) is 12.3. The molecule has 0 aliphatic carbocycles. The van der Waals surface area contributed by atoms with Crippen LogP contribution in [0.1, 0.15) is 24.5 Å². The Kier molecular flexibility index (Phi) is 4.27. The second-order valence-corrected chi connectivity index (χ2v) is 5.41. The molecule has 1 fully saturated rings. The number of carbonyl (C=O) groups is 1. The van der Waals surface area contributed by atoms with Gasteiger partial charge in [0.2, 0.25) is 5.88 Å². The number of nitrogens with zero attached hydrogens (tertiary/aromatic N) is 2. The van der Waals surface area contributed by atoms with E-state index < -0.39 is 0 Å². The topological polar surface area (TPSA) is 81.6 Å². The first-order valence-electron chi connectivity index (χ1n) is 7.40. The zero-order chi connectivity index (χ0) is 15.4. The van der Waals surface area contributed by atoms with Crippen molar-refractivity contribution < 1.29 is 14.1 Å². The Labute approximate surface area is 128 Å². The third-order valence-corrected chi connectivity index (χ3v) is 3.92. The molecule has 6 heteroatoms. The van der Waals surface area contributed by atoms with Crippen LogP contribution in [-0.2, 0) is 4.79 Å². The third-order valence-electron chi connectivity index (χ3n) is 3.92. The van der Waals surface area contributed by atoms with E-state index in [1.54, 1.807) is 6.07 Å². The number of ether oxygens (including phenoxy) is 1. The predicted molar refractivity (Wildman–Crippen MR) is 81.4 cm³/mol. The maximum Gasteiger partial charge on any atom is 0.260 e. The highest BCUT2D eigenvalue weighted by Crippen LogP contribution is 2.28. The van der Waals surface area contributed by atoms with Gasteiger partial charge >= 0.3 is 0 Å². The fourth-order valence-corrected chi connectivity index (χ4v) is 2.67. The largest absolute Gasteiger partial charge is 0.484 e. The van der Waals surface area contributed by atoms with Crippen molar-refractivity contribution in [1.82, 2.24) is 10.1 Å². The molecule has 0 atom stereocenters. The number of amides is 1. The van der Waals surface area contributed by atoms with Crippen LogP contribution >= 0.6 is 0 Å². The van der Waals surface area contributed by atoms with Gasteiger partial charge in [-0.2, -0.15) is 0 Å². The normalized spacial score (nSPS) is 15.7. The molecule has 1 aromatic heterocycles. The molecule has 2 heterocycles. The number of anilines is 1. The highest BCUT2D eigenvalue weighted by Gasteiger charge is 2.25. The highest BCUT2D eigenvalue weighted by atomic mass is 16.5. The molecule has 116 valence electrons. The molecule has 1 saturated heterocycles. The van der Waals surface area contributed by atoms with Crippen molar-refractivity contribution in [2.45, 2.75) is 18.8 Å². The Bertz CT molecular complexity index is 619. The number of benzene rings is 1. The number of nitrogen functional groups attached to an aromatic ring is 1. The lowest BCUT2D eigenvalue weighted by molar-refractivity contribution is -0.134. The fraction of sp³-hybridized carbons (Fsp3) is 0.375. The number of nitrogens with two attached hydrogens (primary N) is 1. The van der Waals surface area contributed by atoms with Gasteiger partial charge in [-0.1, -0.05) is 23.4 Å². The maximum absolute atomic E-state index is 12.2. The monoisotopic (exact) mass is 301 g/mol. The van der Waals surface area contributed by atoms with Crippen LogP contribution in [0.5, 0.6) is 5.75 Å². The average Bonchev–Trinajstić information content (AvgIpc) is 3.00. The van der Waals surface area contributed by atoms with E-state index in [-0.39, 0.29) is 12.5 Å². The van der Waals surface area contributed by atoms with Gasteiger partial charge in [-0.25, -0.2) is 0 Å². The van der Waals surface area contributed by atoms with Crippen molar-refractivity contribution in [3.05, 3.63) is 42.1 Å². The number of hydrogen-bond donors (Lipinski definition) is 1. The standard InChI is InChI=1S/C16H19N3O3/c17-15-10-14(18-22-15)12-6-8-19(9-7-12)16(20)11-21-13-4-2-1-3-5-13/h1-5,10,12H,6-9,11,17H2. The molecule has 2 N–H and O–H groups in total. The lowest BCUT2D eigenvalue weighted by Gasteiger charge is -2.31. The van der Waals surface area contributed by atoms with Gasteiger partial charge < -0.3 is 19.9 Å². The molecule has 0 spiro atoms. The second-order valence-electron chi connectivity index (χ2n) is 5.41. The average molecular weight is 301 g/mol. The Hall–Kier alpha value is -2.50. The summed E-state index contributed by atoms with van der Waals surface area (Å²) in [4.78, 5) is 14.0. The number of hydrogen-bond acceptors (Lipinski definition) is 5. The van der Waals surface area contributed by atoms with Gasteiger partial charge in [-0.15, -0.1) is 0 Å². The van der Waals surface area contributed by atoms with E-state index in [0.717, 1.165) is 18.5 Å². The summed E-state index contributed by atoms with van der Waals surface area (Å²) in [5, 5.41) is 3.96. The van der Waals surface area contributed by atoms with E-state index in [9.17, 15) is 4.79 Å². The van der Waals surface area contributed by atoms with Crippen LogP contribution in [0.3, 0.4) is 0 Å². The lowest BCUT2D eigenvalue weighted by Crippen LogP contribution is -2.40. The highest BCUT2D eigenvalue weighted by molar-refractivity contribution is 5.77. The quantitative estimate of drug-likeness (QED) is 0.934. The van der Waals surface area contributed by atoms with E-state index in [4.69, 9.17) is 15.0 Å². The van der Waals surface area contributed by atoms with Crippen molar-refractivity contribution in [3.8, 4) is 5.75 Å². The van der Waals surface area contributed by atoms with Gasteiger partial charge in [-0.3, -0.25) is 4.79 Å².